The zero-order valence-electron chi connectivity index (χ0n) is 54.2. The normalized spacial score (nSPS) is 18.6. The van der Waals surface area contributed by atoms with Gasteiger partial charge in [0.15, 0.2) is 0 Å². The van der Waals surface area contributed by atoms with Crippen molar-refractivity contribution in [1.82, 2.24) is 0 Å². The SMILES string of the molecule is CC(C)(C)c1ccc(N2c3cc(N4c5ccc(C(C)(C)C)cc5C5(C)CCCCC45C)cc4c3B(c3oc5ccc(C(C)(C)C)cc5c3N4c3c(-c4ccccc4)cc(C(C)(C)C)cc3-c3ccccc3)c3sc4cc(C(C)(C)C)ccc4c32)cc1. The summed E-state index contributed by atoms with van der Waals surface area (Å²) >= 11 is 1.96. The highest BCUT2D eigenvalue weighted by Crippen LogP contribution is 2.63. The molecule has 1 fully saturated rings. The van der Waals surface area contributed by atoms with Gasteiger partial charge in [-0.3, -0.25) is 0 Å². The molecule has 436 valence electrons. The Morgan fingerprint density at radius 3 is 1.56 bits per heavy atom. The van der Waals surface area contributed by atoms with Gasteiger partial charge < -0.3 is 19.1 Å². The number of fused-ring (bicyclic) bond motifs is 11. The largest absolute Gasteiger partial charge is 0.468 e. The van der Waals surface area contributed by atoms with Crippen LogP contribution >= 0.6 is 11.3 Å². The molecule has 10 aromatic rings. The summed E-state index contributed by atoms with van der Waals surface area (Å²) in [6.45, 7) is 40.2. The lowest BCUT2D eigenvalue weighted by Gasteiger charge is -2.51. The average molecular weight is 1150 g/mol. The summed E-state index contributed by atoms with van der Waals surface area (Å²) in [6, 6.07) is 64.2. The predicted molar refractivity (Wildman–Crippen MR) is 373 cm³/mol. The Hall–Kier alpha value is -7.28. The Kier molecular flexibility index (Phi) is 12.6. The molecular formula is C80H86BN3OS. The highest BCUT2D eigenvalue weighted by atomic mass is 32.1. The van der Waals surface area contributed by atoms with E-state index in [1.54, 1.807) is 0 Å². The fourth-order valence-corrected chi connectivity index (χ4v) is 16.6. The van der Waals surface area contributed by atoms with Crippen LogP contribution in [0.25, 0.3) is 43.3 Å². The van der Waals surface area contributed by atoms with Gasteiger partial charge in [-0.25, -0.2) is 0 Å². The first-order valence-electron chi connectivity index (χ1n) is 31.8. The Balaban J connectivity index is 1.20. The predicted octanol–water partition coefficient (Wildman–Crippen LogP) is 21.3. The smallest absolute Gasteiger partial charge is 0.309 e. The second-order valence-corrected chi connectivity index (χ2v) is 32.5. The van der Waals surface area contributed by atoms with Gasteiger partial charge in [-0.2, -0.15) is 0 Å². The van der Waals surface area contributed by atoms with Gasteiger partial charge in [0, 0.05) is 65.2 Å². The third-order valence-electron chi connectivity index (χ3n) is 20.6. The maximum Gasteiger partial charge on any atom is 0.309 e. The standard InChI is InChI=1S/C80H86BN3OS/c1-74(2,3)51-30-35-56(36-31-51)82-64-47-57(84-63-38-33-53(76(7,8)9)45-62(63)79(16)40-24-25-41-80(79,84)17)48-65-68(64)81(73-71(82)58-37-32-54(77(10,11)12)46-67(58)86-73)72-70(61-42-52(75(4,5)6)34-39-66(61)85-72)83(65)69-59(49-26-20-18-21-27-49)43-55(78(13,14)15)44-60(69)50-28-22-19-23-29-50/h18-23,26-39,42-48H,24-25,40-41H2,1-17H3. The van der Waals surface area contributed by atoms with Crippen LogP contribution in [0.4, 0.5) is 45.5 Å². The molecule has 6 heteroatoms. The maximum absolute atomic E-state index is 7.80. The van der Waals surface area contributed by atoms with Crippen LogP contribution < -0.4 is 30.6 Å². The molecule has 4 aliphatic rings. The molecule has 1 aliphatic carbocycles. The number of hydrogen-bond donors (Lipinski definition) is 0. The summed E-state index contributed by atoms with van der Waals surface area (Å²) in [7, 11) is 0. The van der Waals surface area contributed by atoms with E-state index in [-0.39, 0.29) is 44.7 Å². The molecule has 0 radical (unpaired) electrons. The van der Waals surface area contributed by atoms with E-state index < -0.39 is 0 Å². The third-order valence-corrected chi connectivity index (χ3v) is 21.8. The summed E-state index contributed by atoms with van der Waals surface area (Å²) in [5.74, 6) is 0. The first-order chi connectivity index (χ1) is 40.5. The van der Waals surface area contributed by atoms with E-state index in [9.17, 15) is 0 Å². The van der Waals surface area contributed by atoms with Crippen LogP contribution in [0.1, 0.15) is 177 Å². The lowest BCUT2D eigenvalue weighted by atomic mass is 9.38. The summed E-state index contributed by atoms with van der Waals surface area (Å²) in [5, 5.41) is 2.41. The molecule has 2 unspecified atom stereocenters. The van der Waals surface area contributed by atoms with Crippen molar-refractivity contribution in [3.05, 3.63) is 197 Å². The van der Waals surface area contributed by atoms with Crippen LogP contribution in [0.3, 0.4) is 0 Å². The number of rotatable bonds is 5. The molecule has 4 nitrogen and oxygen atoms in total. The van der Waals surface area contributed by atoms with Crippen molar-refractivity contribution in [2.75, 3.05) is 14.7 Å². The van der Waals surface area contributed by atoms with Crippen molar-refractivity contribution in [1.29, 1.82) is 0 Å². The molecule has 0 spiro atoms. The van der Waals surface area contributed by atoms with E-state index in [0.717, 1.165) is 46.5 Å². The Morgan fingerprint density at radius 2 is 0.965 bits per heavy atom. The van der Waals surface area contributed by atoms with Gasteiger partial charge in [-0.05, 0) is 157 Å². The number of furan rings is 1. The van der Waals surface area contributed by atoms with Gasteiger partial charge in [0.2, 0.25) is 0 Å². The fourth-order valence-electron chi connectivity index (χ4n) is 15.2. The van der Waals surface area contributed by atoms with E-state index in [1.165, 1.54) is 117 Å². The lowest BCUT2D eigenvalue weighted by Crippen LogP contribution is -2.60. The van der Waals surface area contributed by atoms with Crippen molar-refractivity contribution in [3.63, 3.8) is 0 Å². The number of benzene rings is 8. The maximum atomic E-state index is 7.80. The first kappa shape index (κ1) is 56.5. The zero-order chi connectivity index (χ0) is 60.6. The van der Waals surface area contributed by atoms with Crippen molar-refractivity contribution < 1.29 is 4.42 Å². The van der Waals surface area contributed by atoms with E-state index in [1.807, 2.05) is 11.3 Å². The number of hydrogen-bond acceptors (Lipinski definition) is 5. The van der Waals surface area contributed by atoms with Crippen LogP contribution in [0.2, 0.25) is 0 Å². The van der Waals surface area contributed by atoms with Crippen LogP contribution in [0.15, 0.2) is 168 Å². The molecule has 8 aromatic carbocycles. The summed E-state index contributed by atoms with van der Waals surface area (Å²) in [5.41, 5.74) is 25.0. The zero-order valence-corrected chi connectivity index (χ0v) is 55.0. The number of nitrogens with zero attached hydrogens (tertiary/aromatic N) is 3. The Labute approximate surface area is 517 Å². The molecule has 14 rings (SSSR count). The topological polar surface area (TPSA) is 22.9 Å². The second-order valence-electron chi connectivity index (χ2n) is 31.4. The lowest BCUT2D eigenvalue weighted by molar-refractivity contribution is 0.195. The van der Waals surface area contributed by atoms with Gasteiger partial charge in [0.05, 0.1) is 22.6 Å². The molecule has 3 aliphatic heterocycles. The minimum atomic E-state index is -0.230. The van der Waals surface area contributed by atoms with Gasteiger partial charge in [0.1, 0.15) is 11.2 Å². The Morgan fingerprint density at radius 1 is 0.442 bits per heavy atom. The molecule has 0 amide bonds. The van der Waals surface area contributed by atoms with Crippen LogP contribution in [0, 0.1) is 0 Å². The van der Waals surface area contributed by atoms with Gasteiger partial charge in [-0.15, -0.1) is 11.3 Å². The fraction of sp³-hybridized carbons (Fsp3) is 0.350. The molecule has 5 heterocycles. The first-order valence-corrected chi connectivity index (χ1v) is 32.6. The minimum absolute atomic E-state index is 0.000471. The van der Waals surface area contributed by atoms with Crippen LogP contribution in [0.5, 0.6) is 0 Å². The molecule has 2 aromatic heterocycles. The van der Waals surface area contributed by atoms with E-state index >= 15 is 0 Å². The van der Waals surface area contributed by atoms with E-state index in [2.05, 4.69) is 296 Å². The van der Waals surface area contributed by atoms with E-state index in [0.29, 0.717) is 0 Å². The average Bonchev–Trinajstić information content (AvgIpc) is 1.40. The van der Waals surface area contributed by atoms with Gasteiger partial charge in [0.25, 0.3) is 0 Å². The highest BCUT2D eigenvalue weighted by Gasteiger charge is 2.59. The molecular weight excluding hydrogens is 1060 g/mol. The molecule has 1 saturated carbocycles. The highest BCUT2D eigenvalue weighted by molar-refractivity contribution is 7.33. The monoisotopic (exact) mass is 1150 g/mol. The second kappa shape index (κ2) is 19.1. The van der Waals surface area contributed by atoms with Crippen molar-refractivity contribution in [2.45, 2.75) is 181 Å². The van der Waals surface area contributed by atoms with Crippen molar-refractivity contribution in [2.24, 2.45) is 0 Å². The van der Waals surface area contributed by atoms with Crippen molar-refractivity contribution in [3.8, 4) is 22.3 Å². The molecule has 86 heavy (non-hydrogen) atoms. The molecule has 2 atom stereocenters. The number of thiophene rings is 1. The molecule has 0 saturated heterocycles. The van der Waals surface area contributed by atoms with Crippen LogP contribution in [-0.4, -0.2) is 12.3 Å². The van der Waals surface area contributed by atoms with E-state index in [4.69, 9.17) is 4.42 Å². The van der Waals surface area contributed by atoms with Gasteiger partial charge in [-0.1, -0.05) is 227 Å². The van der Waals surface area contributed by atoms with Crippen molar-refractivity contribution >= 4 is 101 Å². The molecule has 0 N–H and O–H groups in total. The minimum Gasteiger partial charge on any atom is -0.468 e. The molecule has 0 bridgehead atoms. The van der Waals surface area contributed by atoms with Crippen LogP contribution in [-0.2, 0) is 32.5 Å². The summed E-state index contributed by atoms with van der Waals surface area (Å²) < 4.78 is 10.4. The quantitative estimate of drug-likeness (QED) is 0.160. The third kappa shape index (κ3) is 8.63. The number of anilines is 8. The van der Waals surface area contributed by atoms with Gasteiger partial charge >= 0.3 is 6.71 Å². The Bertz CT molecular complexity index is 4300. The summed E-state index contributed by atoms with van der Waals surface area (Å²) in [4.78, 5) is 8.25. The summed E-state index contributed by atoms with van der Waals surface area (Å²) in [6.07, 6.45) is 4.63.